The molecule has 1 heterocycles. The second kappa shape index (κ2) is 5.02. The van der Waals surface area contributed by atoms with Crippen molar-refractivity contribution in [3.05, 3.63) is 46.5 Å². The lowest BCUT2D eigenvalue weighted by Crippen LogP contribution is -2.15. The number of nitrogens with zero attached hydrogens (tertiary/aromatic N) is 2. The number of hydrogen-bond donors (Lipinski definition) is 0. The molecule has 19 heavy (non-hydrogen) atoms. The van der Waals surface area contributed by atoms with Gasteiger partial charge in [0.05, 0.1) is 22.8 Å². The zero-order valence-electron chi connectivity index (χ0n) is 9.18. The Bertz CT molecular complexity index is 607. The molecule has 0 unspecified atom stereocenters. The number of rotatable bonds is 2. The van der Waals surface area contributed by atoms with Crippen LogP contribution in [-0.4, -0.2) is 9.78 Å². The van der Waals surface area contributed by atoms with E-state index >= 15 is 0 Å². The van der Waals surface area contributed by atoms with E-state index in [0.717, 1.165) is 18.3 Å². The van der Waals surface area contributed by atoms with E-state index in [1.54, 1.807) is 0 Å². The van der Waals surface area contributed by atoms with Crippen molar-refractivity contribution < 1.29 is 17.6 Å². The van der Waals surface area contributed by atoms with E-state index in [-0.39, 0.29) is 22.2 Å². The van der Waals surface area contributed by atoms with Gasteiger partial charge >= 0.3 is 6.18 Å². The third-order valence-corrected chi connectivity index (χ3v) is 3.00. The first-order valence-electron chi connectivity index (χ1n) is 5.00. The summed E-state index contributed by atoms with van der Waals surface area (Å²) >= 11 is 10.9. The molecule has 0 bridgehead atoms. The lowest BCUT2D eigenvalue weighted by Gasteiger charge is -2.12. The molecule has 0 amide bonds. The normalized spacial score (nSPS) is 11.9. The number of aromatic nitrogens is 2. The largest absolute Gasteiger partial charge is 0.433 e. The molecule has 0 atom stereocenters. The van der Waals surface area contributed by atoms with Crippen LogP contribution in [0.3, 0.4) is 0 Å². The van der Waals surface area contributed by atoms with Gasteiger partial charge in [-0.05, 0) is 12.1 Å². The number of hydrogen-bond acceptors (Lipinski definition) is 1. The highest BCUT2D eigenvalue weighted by Gasteiger charge is 2.38. The van der Waals surface area contributed by atoms with E-state index in [1.807, 2.05) is 0 Å². The maximum atomic E-state index is 13.3. The summed E-state index contributed by atoms with van der Waals surface area (Å²) in [6.45, 7) is 0. The summed E-state index contributed by atoms with van der Waals surface area (Å²) in [6, 6.07) is 3.28. The summed E-state index contributed by atoms with van der Waals surface area (Å²) in [6.07, 6.45) is -3.64. The van der Waals surface area contributed by atoms with Gasteiger partial charge in [-0.3, -0.25) is 0 Å². The first-order chi connectivity index (χ1) is 8.84. The summed E-state index contributed by atoms with van der Waals surface area (Å²) in [5.41, 5.74) is -1.28. The smallest absolute Gasteiger partial charge is 0.228 e. The van der Waals surface area contributed by atoms with Crippen molar-refractivity contribution in [3.8, 4) is 5.69 Å². The fraction of sp³-hybridized carbons (Fsp3) is 0.182. The first kappa shape index (κ1) is 14.1. The molecule has 8 heteroatoms. The molecular weight excluding hydrogens is 307 g/mol. The molecule has 0 aliphatic carbocycles. The van der Waals surface area contributed by atoms with Gasteiger partial charge in [-0.25, -0.2) is 9.07 Å². The molecule has 1 aromatic heterocycles. The van der Waals surface area contributed by atoms with E-state index in [2.05, 4.69) is 5.10 Å². The maximum Gasteiger partial charge on any atom is 0.433 e. The van der Waals surface area contributed by atoms with Crippen molar-refractivity contribution >= 4 is 23.2 Å². The zero-order chi connectivity index (χ0) is 14.2. The van der Waals surface area contributed by atoms with Crippen molar-refractivity contribution in [1.29, 1.82) is 0 Å². The van der Waals surface area contributed by atoms with Gasteiger partial charge < -0.3 is 0 Å². The molecule has 2 nitrogen and oxygen atoms in total. The zero-order valence-corrected chi connectivity index (χ0v) is 10.7. The maximum absolute atomic E-state index is 13.3. The average Bonchev–Trinajstić information content (AvgIpc) is 2.76. The van der Waals surface area contributed by atoms with Crippen LogP contribution < -0.4 is 0 Å². The minimum Gasteiger partial charge on any atom is -0.228 e. The van der Waals surface area contributed by atoms with E-state index < -0.39 is 17.7 Å². The van der Waals surface area contributed by atoms with Crippen LogP contribution in [0.25, 0.3) is 5.69 Å². The highest BCUT2D eigenvalue weighted by Crippen LogP contribution is 2.34. The van der Waals surface area contributed by atoms with E-state index in [9.17, 15) is 17.6 Å². The molecule has 0 aliphatic rings. The Morgan fingerprint density at radius 1 is 1.26 bits per heavy atom. The second-order valence-electron chi connectivity index (χ2n) is 3.66. The van der Waals surface area contributed by atoms with Gasteiger partial charge in [0, 0.05) is 11.6 Å². The van der Waals surface area contributed by atoms with Crippen LogP contribution in [0.5, 0.6) is 0 Å². The van der Waals surface area contributed by atoms with E-state index in [4.69, 9.17) is 23.2 Å². The summed E-state index contributed by atoms with van der Waals surface area (Å²) in [4.78, 5) is 0. The molecule has 0 N–H and O–H groups in total. The molecule has 0 spiro atoms. The standard InChI is InChI=1S/C11H6Cl2F4N2/c12-4-6-5-18-19(10(6)11(15,16)17)7-1-2-8(13)9(14)3-7/h1-3,5H,4H2. The van der Waals surface area contributed by atoms with E-state index in [1.165, 1.54) is 6.07 Å². The summed E-state index contributed by atoms with van der Waals surface area (Å²) in [5, 5.41) is 3.42. The van der Waals surface area contributed by atoms with Gasteiger partial charge in [-0.1, -0.05) is 11.6 Å². The third kappa shape index (κ3) is 2.69. The predicted molar refractivity (Wildman–Crippen MR) is 63.1 cm³/mol. The fourth-order valence-corrected chi connectivity index (χ4v) is 1.91. The monoisotopic (exact) mass is 312 g/mol. The van der Waals surface area contributed by atoms with Crippen molar-refractivity contribution in [2.24, 2.45) is 0 Å². The average molecular weight is 313 g/mol. The summed E-state index contributed by atoms with van der Waals surface area (Å²) < 4.78 is 52.8. The minimum atomic E-state index is -4.64. The summed E-state index contributed by atoms with van der Waals surface area (Å²) in [7, 11) is 0. The number of benzene rings is 1. The Balaban J connectivity index is 2.62. The molecule has 2 aromatic rings. The minimum absolute atomic E-state index is 0.0782. The van der Waals surface area contributed by atoms with Crippen LogP contribution >= 0.6 is 23.2 Å². The molecule has 0 saturated carbocycles. The van der Waals surface area contributed by atoms with Crippen LogP contribution in [0.1, 0.15) is 11.3 Å². The Hall–Kier alpha value is -1.27. The second-order valence-corrected chi connectivity index (χ2v) is 4.33. The molecule has 0 saturated heterocycles. The number of alkyl halides is 4. The molecule has 0 aliphatic heterocycles. The van der Waals surface area contributed by atoms with Gasteiger partial charge in [0.15, 0.2) is 5.69 Å². The van der Waals surface area contributed by atoms with Crippen LogP contribution in [0.15, 0.2) is 24.4 Å². The van der Waals surface area contributed by atoms with Gasteiger partial charge in [-0.15, -0.1) is 11.6 Å². The lowest BCUT2D eigenvalue weighted by atomic mass is 10.2. The predicted octanol–water partition coefficient (Wildman–Crippen LogP) is 4.42. The number of halogens is 6. The van der Waals surface area contributed by atoms with Crippen molar-refractivity contribution in [2.45, 2.75) is 12.1 Å². The van der Waals surface area contributed by atoms with Crippen molar-refractivity contribution in [3.63, 3.8) is 0 Å². The van der Waals surface area contributed by atoms with Crippen LogP contribution in [-0.2, 0) is 12.1 Å². The Morgan fingerprint density at radius 3 is 2.47 bits per heavy atom. The topological polar surface area (TPSA) is 17.8 Å². The molecule has 0 radical (unpaired) electrons. The Morgan fingerprint density at radius 2 is 1.95 bits per heavy atom. The molecule has 102 valence electrons. The fourth-order valence-electron chi connectivity index (χ4n) is 1.59. The Kier molecular flexibility index (Phi) is 3.73. The van der Waals surface area contributed by atoms with Gasteiger partial charge in [0.25, 0.3) is 0 Å². The van der Waals surface area contributed by atoms with Crippen LogP contribution in [0, 0.1) is 5.82 Å². The lowest BCUT2D eigenvalue weighted by molar-refractivity contribution is -0.143. The molecule has 2 rings (SSSR count). The molecule has 1 aromatic carbocycles. The van der Waals surface area contributed by atoms with E-state index in [0.29, 0.717) is 4.68 Å². The van der Waals surface area contributed by atoms with Gasteiger partial charge in [-0.2, -0.15) is 18.3 Å². The summed E-state index contributed by atoms with van der Waals surface area (Å²) in [5.74, 6) is -1.17. The first-order valence-corrected chi connectivity index (χ1v) is 5.91. The van der Waals surface area contributed by atoms with Crippen molar-refractivity contribution in [2.75, 3.05) is 0 Å². The van der Waals surface area contributed by atoms with Crippen LogP contribution in [0.4, 0.5) is 17.6 Å². The molecule has 0 fully saturated rings. The highest BCUT2D eigenvalue weighted by molar-refractivity contribution is 6.30. The van der Waals surface area contributed by atoms with Gasteiger partial charge in [0.2, 0.25) is 0 Å². The van der Waals surface area contributed by atoms with Gasteiger partial charge in [0.1, 0.15) is 5.82 Å². The van der Waals surface area contributed by atoms with Crippen molar-refractivity contribution in [1.82, 2.24) is 9.78 Å². The molecular formula is C11H6Cl2F4N2. The van der Waals surface area contributed by atoms with Crippen LogP contribution in [0.2, 0.25) is 5.02 Å². The highest BCUT2D eigenvalue weighted by atomic mass is 35.5. The third-order valence-electron chi connectivity index (χ3n) is 2.41. The SMILES string of the molecule is Fc1cc(-n2ncc(CCl)c2C(F)(F)F)ccc1Cl. The quantitative estimate of drug-likeness (QED) is 0.593. The Labute approximate surface area is 115 Å².